The van der Waals surface area contributed by atoms with Crippen LogP contribution in [0.5, 0.6) is 0 Å². The number of fused-ring (bicyclic) bond motifs is 3. The van der Waals surface area contributed by atoms with E-state index < -0.39 is 0 Å². The van der Waals surface area contributed by atoms with Crippen LogP contribution in [-0.4, -0.2) is 60.3 Å². The Hall–Kier alpha value is -2.37. The Morgan fingerprint density at radius 1 is 1.00 bits per heavy atom. The zero-order valence-electron chi connectivity index (χ0n) is 14.5. The van der Waals surface area contributed by atoms with Crippen molar-refractivity contribution < 1.29 is 9.59 Å². The summed E-state index contributed by atoms with van der Waals surface area (Å²) >= 11 is 0. The van der Waals surface area contributed by atoms with Crippen LogP contribution in [0.15, 0.2) is 29.3 Å². The van der Waals surface area contributed by atoms with Crippen LogP contribution >= 0.6 is 0 Å². The van der Waals surface area contributed by atoms with E-state index in [0.717, 1.165) is 56.0 Å². The molecule has 1 saturated heterocycles. The summed E-state index contributed by atoms with van der Waals surface area (Å²) < 4.78 is 0. The fourth-order valence-electron chi connectivity index (χ4n) is 3.88. The number of para-hydroxylation sites is 1. The van der Waals surface area contributed by atoms with Crippen molar-refractivity contribution in [3.05, 3.63) is 29.8 Å². The van der Waals surface area contributed by atoms with Gasteiger partial charge in [-0.05, 0) is 31.4 Å². The standard InChI is InChI=1S/C19H24N4O2/c24-17(21-11-5-1-2-6-12-21)14-23-16-9-4-3-8-15(16)18-20-10-7-13-22(18)19(23)25/h3-4,8-9H,1-2,5-7,10-14H2. The molecule has 1 fully saturated rings. The van der Waals surface area contributed by atoms with E-state index in [1.54, 1.807) is 9.80 Å². The van der Waals surface area contributed by atoms with Gasteiger partial charge in [-0.3, -0.25) is 19.6 Å². The zero-order valence-corrected chi connectivity index (χ0v) is 14.5. The molecule has 0 unspecified atom stereocenters. The van der Waals surface area contributed by atoms with Crippen LogP contribution in [0.3, 0.4) is 0 Å². The summed E-state index contributed by atoms with van der Waals surface area (Å²) in [6, 6.07) is 7.65. The molecule has 6 heteroatoms. The molecular weight excluding hydrogens is 316 g/mol. The molecule has 6 nitrogen and oxygen atoms in total. The molecule has 0 aromatic heterocycles. The Bertz CT molecular complexity index is 707. The van der Waals surface area contributed by atoms with Crippen molar-refractivity contribution in [3.8, 4) is 0 Å². The van der Waals surface area contributed by atoms with E-state index in [2.05, 4.69) is 4.99 Å². The molecule has 0 spiro atoms. The third-order valence-corrected chi connectivity index (χ3v) is 5.21. The summed E-state index contributed by atoms with van der Waals surface area (Å²) in [6.07, 6.45) is 5.34. The summed E-state index contributed by atoms with van der Waals surface area (Å²) in [5.41, 5.74) is 1.75. The van der Waals surface area contributed by atoms with Gasteiger partial charge in [0, 0.05) is 31.7 Å². The quantitative estimate of drug-likeness (QED) is 0.830. The van der Waals surface area contributed by atoms with E-state index >= 15 is 0 Å². The van der Waals surface area contributed by atoms with E-state index in [0.29, 0.717) is 6.54 Å². The molecule has 0 atom stereocenters. The van der Waals surface area contributed by atoms with Crippen molar-refractivity contribution in [2.45, 2.75) is 32.1 Å². The first-order valence-corrected chi connectivity index (χ1v) is 9.26. The molecule has 0 bridgehead atoms. The highest BCUT2D eigenvalue weighted by Crippen LogP contribution is 2.30. The van der Waals surface area contributed by atoms with Gasteiger partial charge in [-0.1, -0.05) is 25.0 Å². The van der Waals surface area contributed by atoms with Crippen LogP contribution in [-0.2, 0) is 4.79 Å². The van der Waals surface area contributed by atoms with Crippen molar-refractivity contribution in [1.29, 1.82) is 0 Å². The molecule has 1 aromatic rings. The number of anilines is 1. The van der Waals surface area contributed by atoms with Gasteiger partial charge in [-0.15, -0.1) is 0 Å². The van der Waals surface area contributed by atoms with E-state index in [1.807, 2.05) is 29.2 Å². The normalized spacial score (nSPS) is 20.6. The lowest BCUT2D eigenvalue weighted by atomic mass is 10.1. The Morgan fingerprint density at radius 3 is 2.56 bits per heavy atom. The third kappa shape index (κ3) is 3.01. The predicted octanol–water partition coefficient (Wildman–Crippen LogP) is 2.48. The SMILES string of the molecule is O=C(CN1C(=O)N2CCCN=C2c2ccccc21)N1CCCCCC1. The minimum Gasteiger partial charge on any atom is -0.341 e. The average Bonchev–Trinajstić information content (AvgIpc) is 2.94. The van der Waals surface area contributed by atoms with Crippen LogP contribution < -0.4 is 4.90 Å². The maximum atomic E-state index is 13.0. The first-order chi connectivity index (χ1) is 12.3. The maximum absolute atomic E-state index is 13.0. The van der Waals surface area contributed by atoms with Gasteiger partial charge in [-0.25, -0.2) is 4.79 Å². The van der Waals surface area contributed by atoms with Crippen LogP contribution in [0.4, 0.5) is 10.5 Å². The van der Waals surface area contributed by atoms with E-state index in [9.17, 15) is 9.59 Å². The van der Waals surface area contributed by atoms with Gasteiger partial charge in [0.2, 0.25) is 5.91 Å². The summed E-state index contributed by atoms with van der Waals surface area (Å²) in [5, 5.41) is 0. The number of aliphatic imine (C=N–C) groups is 1. The zero-order chi connectivity index (χ0) is 17.2. The van der Waals surface area contributed by atoms with Gasteiger partial charge in [0.15, 0.2) is 0 Å². The molecule has 0 saturated carbocycles. The summed E-state index contributed by atoms with van der Waals surface area (Å²) in [4.78, 5) is 35.7. The van der Waals surface area contributed by atoms with Crippen LogP contribution in [0.1, 0.15) is 37.7 Å². The van der Waals surface area contributed by atoms with Gasteiger partial charge < -0.3 is 4.90 Å². The third-order valence-electron chi connectivity index (χ3n) is 5.21. The van der Waals surface area contributed by atoms with E-state index in [1.165, 1.54) is 12.8 Å². The van der Waals surface area contributed by atoms with Crippen LogP contribution in [0, 0.1) is 0 Å². The second-order valence-electron chi connectivity index (χ2n) is 6.89. The smallest absolute Gasteiger partial charge is 0.330 e. The monoisotopic (exact) mass is 340 g/mol. The Labute approximate surface area is 148 Å². The average molecular weight is 340 g/mol. The summed E-state index contributed by atoms with van der Waals surface area (Å²) in [5.74, 6) is 0.799. The highest BCUT2D eigenvalue weighted by Gasteiger charge is 2.37. The molecule has 3 aliphatic rings. The van der Waals surface area contributed by atoms with Crippen LogP contribution in [0.25, 0.3) is 0 Å². The second kappa shape index (κ2) is 6.86. The number of hydrogen-bond acceptors (Lipinski definition) is 3. The lowest BCUT2D eigenvalue weighted by Gasteiger charge is -2.39. The minimum absolute atomic E-state index is 0.0439. The number of carbonyl (C=O) groups excluding carboxylic acids is 2. The first-order valence-electron chi connectivity index (χ1n) is 9.26. The molecular formula is C19H24N4O2. The molecule has 3 heterocycles. The van der Waals surface area contributed by atoms with Crippen molar-refractivity contribution in [2.24, 2.45) is 4.99 Å². The molecule has 0 aliphatic carbocycles. The number of urea groups is 1. The van der Waals surface area contributed by atoms with Gasteiger partial charge in [0.05, 0.1) is 5.69 Å². The van der Waals surface area contributed by atoms with Gasteiger partial charge in [0.25, 0.3) is 0 Å². The summed E-state index contributed by atoms with van der Waals surface area (Å²) in [6.45, 7) is 3.14. The number of rotatable bonds is 2. The van der Waals surface area contributed by atoms with Crippen molar-refractivity contribution >= 4 is 23.5 Å². The van der Waals surface area contributed by atoms with Gasteiger partial charge in [-0.2, -0.15) is 0 Å². The number of nitrogens with zero attached hydrogens (tertiary/aromatic N) is 4. The number of carbonyl (C=O) groups is 2. The number of hydrogen-bond donors (Lipinski definition) is 0. The molecule has 132 valence electrons. The van der Waals surface area contributed by atoms with Crippen molar-refractivity contribution in [3.63, 3.8) is 0 Å². The molecule has 0 radical (unpaired) electrons. The molecule has 3 amide bonds. The topological polar surface area (TPSA) is 56.2 Å². The molecule has 25 heavy (non-hydrogen) atoms. The Morgan fingerprint density at radius 2 is 1.76 bits per heavy atom. The van der Waals surface area contributed by atoms with E-state index in [-0.39, 0.29) is 18.5 Å². The van der Waals surface area contributed by atoms with Gasteiger partial charge >= 0.3 is 6.03 Å². The number of likely N-dealkylation sites (tertiary alicyclic amines) is 1. The lowest BCUT2D eigenvalue weighted by Crippen LogP contribution is -2.55. The molecule has 3 aliphatic heterocycles. The number of amides is 3. The fraction of sp³-hybridized carbons (Fsp3) is 0.526. The molecule has 1 aromatic carbocycles. The van der Waals surface area contributed by atoms with Gasteiger partial charge in [0.1, 0.15) is 12.4 Å². The highest BCUT2D eigenvalue weighted by atomic mass is 16.2. The van der Waals surface area contributed by atoms with E-state index in [4.69, 9.17) is 0 Å². The van der Waals surface area contributed by atoms with Crippen molar-refractivity contribution in [1.82, 2.24) is 9.80 Å². The van der Waals surface area contributed by atoms with Crippen LogP contribution in [0.2, 0.25) is 0 Å². The first kappa shape index (κ1) is 16.1. The predicted molar refractivity (Wildman–Crippen MR) is 97.0 cm³/mol. The minimum atomic E-state index is -0.125. The maximum Gasteiger partial charge on any atom is 0.330 e. The molecule has 4 rings (SSSR count). The number of amidine groups is 1. The fourth-order valence-corrected chi connectivity index (χ4v) is 3.88. The largest absolute Gasteiger partial charge is 0.341 e. The summed E-state index contributed by atoms with van der Waals surface area (Å²) in [7, 11) is 0. The molecule has 0 N–H and O–H groups in total. The Balaban J connectivity index is 1.62. The Kier molecular flexibility index (Phi) is 4.42. The van der Waals surface area contributed by atoms with Crippen molar-refractivity contribution in [2.75, 3.05) is 37.6 Å². The lowest BCUT2D eigenvalue weighted by molar-refractivity contribution is -0.129. The highest BCUT2D eigenvalue weighted by molar-refractivity contribution is 6.20. The second-order valence-corrected chi connectivity index (χ2v) is 6.89. The number of benzene rings is 1.